The molecule has 0 bridgehead atoms. The molecular formula is C14H18BrN3O. The van der Waals surface area contributed by atoms with Gasteiger partial charge < -0.3 is 16.2 Å². The zero-order valence-corrected chi connectivity index (χ0v) is 12.4. The smallest absolute Gasteiger partial charge is 0.0743 e. The highest BCUT2D eigenvalue weighted by Crippen LogP contribution is 2.31. The first-order chi connectivity index (χ1) is 9.15. The summed E-state index contributed by atoms with van der Waals surface area (Å²) in [6.45, 7) is 2.25. The van der Waals surface area contributed by atoms with E-state index in [0.717, 1.165) is 27.5 Å². The molecule has 0 radical (unpaired) electrons. The molecule has 1 atom stereocenters. The minimum atomic E-state index is 0.165. The number of anilines is 2. The lowest BCUT2D eigenvalue weighted by Gasteiger charge is -2.20. The maximum Gasteiger partial charge on any atom is 0.0743 e. The molecule has 0 aliphatic rings. The van der Waals surface area contributed by atoms with E-state index in [2.05, 4.69) is 33.2 Å². The van der Waals surface area contributed by atoms with E-state index < -0.39 is 0 Å². The summed E-state index contributed by atoms with van der Waals surface area (Å²) in [5, 5.41) is 13.5. The van der Waals surface area contributed by atoms with Crippen molar-refractivity contribution >= 4 is 38.2 Å². The Morgan fingerprint density at radius 1 is 1.47 bits per heavy atom. The molecule has 0 fully saturated rings. The molecule has 1 aromatic heterocycles. The molecule has 4 nitrogen and oxygen atoms in total. The molecular weight excluding hydrogens is 306 g/mol. The Hall–Kier alpha value is -1.33. The Balaban J connectivity index is 2.45. The molecule has 2 rings (SSSR count). The normalized spacial score (nSPS) is 12.6. The van der Waals surface area contributed by atoms with Crippen molar-refractivity contribution < 1.29 is 5.11 Å². The van der Waals surface area contributed by atoms with Gasteiger partial charge in [0.1, 0.15) is 0 Å². The van der Waals surface area contributed by atoms with Crippen LogP contribution in [0.25, 0.3) is 10.9 Å². The van der Waals surface area contributed by atoms with Gasteiger partial charge in [-0.1, -0.05) is 22.9 Å². The van der Waals surface area contributed by atoms with E-state index in [9.17, 15) is 0 Å². The predicted octanol–water partition coefficient (Wildman–Crippen LogP) is 3.15. The second-order valence-corrected chi connectivity index (χ2v) is 5.43. The van der Waals surface area contributed by atoms with Gasteiger partial charge in [0.25, 0.3) is 0 Å². The number of halogens is 1. The van der Waals surface area contributed by atoms with Crippen LogP contribution in [0, 0.1) is 0 Å². The van der Waals surface area contributed by atoms with E-state index in [1.807, 2.05) is 18.2 Å². The number of fused-ring (bicyclic) bond motifs is 1. The van der Waals surface area contributed by atoms with Gasteiger partial charge >= 0.3 is 0 Å². The monoisotopic (exact) mass is 323 g/mol. The van der Waals surface area contributed by atoms with Gasteiger partial charge in [0.05, 0.1) is 23.1 Å². The zero-order valence-electron chi connectivity index (χ0n) is 10.9. The number of nitrogens with zero attached hydrogens (tertiary/aromatic N) is 1. The Kier molecular flexibility index (Phi) is 4.61. The van der Waals surface area contributed by atoms with E-state index in [0.29, 0.717) is 12.1 Å². The number of pyridine rings is 1. The molecule has 0 aliphatic carbocycles. The third kappa shape index (κ3) is 3.16. The van der Waals surface area contributed by atoms with Crippen molar-refractivity contribution in [3.8, 4) is 0 Å². The van der Waals surface area contributed by atoms with Crippen molar-refractivity contribution in [3.05, 3.63) is 28.9 Å². The Bertz CT molecular complexity index is 569. The van der Waals surface area contributed by atoms with E-state index in [1.165, 1.54) is 0 Å². The second-order valence-electron chi connectivity index (χ2n) is 4.51. The quantitative estimate of drug-likeness (QED) is 0.790. The molecule has 5 heteroatoms. The van der Waals surface area contributed by atoms with E-state index in [-0.39, 0.29) is 12.6 Å². The van der Waals surface area contributed by atoms with Gasteiger partial charge in [-0.05, 0) is 31.0 Å². The number of aromatic nitrogens is 1. The first-order valence-corrected chi connectivity index (χ1v) is 7.16. The lowest BCUT2D eigenvalue weighted by molar-refractivity contribution is 0.278. The van der Waals surface area contributed by atoms with Gasteiger partial charge in [0.15, 0.2) is 0 Å². The summed E-state index contributed by atoms with van der Waals surface area (Å²) in [6, 6.07) is 6.13. The van der Waals surface area contributed by atoms with E-state index >= 15 is 0 Å². The summed E-state index contributed by atoms with van der Waals surface area (Å²) in [4.78, 5) is 4.33. The zero-order chi connectivity index (χ0) is 13.8. The number of aliphatic hydroxyl groups excluding tert-OH is 1. The maximum absolute atomic E-state index is 9.08. The molecule has 0 amide bonds. The largest absolute Gasteiger partial charge is 0.396 e. The van der Waals surface area contributed by atoms with Crippen molar-refractivity contribution in [1.29, 1.82) is 0 Å². The van der Waals surface area contributed by atoms with Crippen molar-refractivity contribution in [2.24, 2.45) is 0 Å². The van der Waals surface area contributed by atoms with Crippen LogP contribution in [0.1, 0.15) is 19.8 Å². The number of nitrogens with two attached hydrogens (primary N) is 1. The van der Waals surface area contributed by atoms with Gasteiger partial charge in [0.2, 0.25) is 0 Å². The average molecular weight is 324 g/mol. The van der Waals surface area contributed by atoms with Crippen molar-refractivity contribution in [2.45, 2.75) is 25.8 Å². The Morgan fingerprint density at radius 3 is 2.95 bits per heavy atom. The number of nitrogen functional groups attached to an aromatic ring is 1. The van der Waals surface area contributed by atoms with Crippen LogP contribution in [0.2, 0.25) is 0 Å². The lowest BCUT2D eigenvalue weighted by atomic mass is 10.1. The van der Waals surface area contributed by atoms with Crippen molar-refractivity contribution in [3.63, 3.8) is 0 Å². The number of nitrogens with one attached hydrogen (secondary N) is 1. The molecule has 0 saturated carbocycles. The SMILES string of the molecule is CCC(CCO)Nc1c(N)cnc2ccc(Br)cc12. The third-order valence-electron chi connectivity index (χ3n) is 3.18. The second kappa shape index (κ2) is 6.21. The molecule has 1 unspecified atom stereocenters. The fourth-order valence-corrected chi connectivity index (χ4v) is 2.44. The van der Waals surface area contributed by atoms with Crippen LogP contribution in [0.5, 0.6) is 0 Å². The maximum atomic E-state index is 9.08. The number of benzene rings is 1. The molecule has 0 saturated heterocycles. The molecule has 19 heavy (non-hydrogen) atoms. The van der Waals surface area contributed by atoms with Crippen LogP contribution in [-0.4, -0.2) is 22.7 Å². The lowest BCUT2D eigenvalue weighted by Crippen LogP contribution is -2.20. The molecule has 1 heterocycles. The number of rotatable bonds is 5. The van der Waals surface area contributed by atoms with Crippen LogP contribution in [0.15, 0.2) is 28.9 Å². The van der Waals surface area contributed by atoms with Gasteiger partial charge in [-0.25, -0.2) is 0 Å². The summed E-state index contributed by atoms with van der Waals surface area (Å²) in [7, 11) is 0. The molecule has 4 N–H and O–H groups in total. The summed E-state index contributed by atoms with van der Waals surface area (Å²) in [5.74, 6) is 0. The van der Waals surface area contributed by atoms with Crippen LogP contribution in [-0.2, 0) is 0 Å². The fourth-order valence-electron chi connectivity index (χ4n) is 2.08. The van der Waals surface area contributed by atoms with Gasteiger partial charge in [-0.2, -0.15) is 0 Å². The van der Waals surface area contributed by atoms with Crippen LogP contribution >= 0.6 is 15.9 Å². The highest BCUT2D eigenvalue weighted by Gasteiger charge is 2.11. The number of aliphatic hydroxyl groups is 1. The molecule has 102 valence electrons. The van der Waals surface area contributed by atoms with Crippen molar-refractivity contribution in [1.82, 2.24) is 4.98 Å². The standard InChI is InChI=1S/C14H18BrN3O/c1-2-10(5-6-19)18-14-11-7-9(15)3-4-13(11)17-8-12(14)16/h3-4,7-8,10,19H,2,5-6,16H2,1H3,(H,17,18). The highest BCUT2D eigenvalue weighted by atomic mass is 79.9. The summed E-state index contributed by atoms with van der Waals surface area (Å²) < 4.78 is 0.991. The minimum absolute atomic E-state index is 0.165. The average Bonchev–Trinajstić information content (AvgIpc) is 2.41. The van der Waals surface area contributed by atoms with E-state index in [4.69, 9.17) is 10.8 Å². The van der Waals surface area contributed by atoms with Gasteiger partial charge in [-0.15, -0.1) is 0 Å². The first-order valence-electron chi connectivity index (χ1n) is 6.36. The predicted molar refractivity (Wildman–Crippen MR) is 83.3 cm³/mol. The number of hydrogen-bond donors (Lipinski definition) is 3. The van der Waals surface area contributed by atoms with Gasteiger partial charge in [0, 0.05) is 22.5 Å². The number of hydrogen-bond acceptors (Lipinski definition) is 4. The Morgan fingerprint density at radius 2 is 2.26 bits per heavy atom. The molecule has 2 aromatic rings. The fraction of sp³-hybridized carbons (Fsp3) is 0.357. The highest BCUT2D eigenvalue weighted by molar-refractivity contribution is 9.10. The van der Waals surface area contributed by atoms with Crippen LogP contribution in [0.4, 0.5) is 11.4 Å². The summed E-state index contributed by atoms with van der Waals surface area (Å²) >= 11 is 3.47. The summed E-state index contributed by atoms with van der Waals surface area (Å²) in [6.07, 6.45) is 3.30. The topological polar surface area (TPSA) is 71.2 Å². The summed E-state index contributed by atoms with van der Waals surface area (Å²) in [5.41, 5.74) is 8.46. The van der Waals surface area contributed by atoms with Crippen LogP contribution < -0.4 is 11.1 Å². The molecule has 0 aliphatic heterocycles. The van der Waals surface area contributed by atoms with Gasteiger partial charge in [-0.3, -0.25) is 4.98 Å². The first kappa shape index (κ1) is 14.1. The third-order valence-corrected chi connectivity index (χ3v) is 3.67. The minimum Gasteiger partial charge on any atom is -0.396 e. The van der Waals surface area contributed by atoms with Crippen molar-refractivity contribution in [2.75, 3.05) is 17.7 Å². The Labute approximate surface area is 121 Å². The molecule has 1 aromatic carbocycles. The van der Waals surface area contributed by atoms with Crippen LogP contribution in [0.3, 0.4) is 0 Å². The molecule has 0 spiro atoms. The van der Waals surface area contributed by atoms with E-state index in [1.54, 1.807) is 6.20 Å².